The van der Waals surface area contributed by atoms with Crippen LogP contribution < -0.4 is 0 Å². The van der Waals surface area contributed by atoms with Crippen molar-refractivity contribution in [2.45, 2.75) is 13.8 Å². The molecule has 0 radical (unpaired) electrons. The number of hydrogen-bond acceptors (Lipinski definition) is 4. The van der Waals surface area contributed by atoms with Crippen LogP contribution in [0.25, 0.3) is 0 Å². The Hall–Kier alpha value is -1.45. The molecule has 4 nitrogen and oxygen atoms in total. The molecule has 0 spiro atoms. The fraction of sp³-hybridized carbons (Fsp3) is 0.286. The molecule has 0 aromatic carbocycles. The number of nitrogens with zero attached hydrogens (tertiary/aromatic N) is 3. The van der Waals surface area contributed by atoms with Crippen LogP contribution in [0.4, 0.5) is 0 Å². The van der Waals surface area contributed by atoms with Crippen molar-refractivity contribution in [3.63, 3.8) is 0 Å². The molecule has 0 saturated heterocycles. The fourth-order valence-electron chi connectivity index (χ4n) is 0.810. The van der Waals surface area contributed by atoms with Gasteiger partial charge in [0.05, 0.1) is 5.69 Å². The van der Waals surface area contributed by atoms with E-state index in [-0.39, 0.29) is 0 Å². The standard InChI is InChI=1S/C7H9N3O/c1-5-7(6(2)10-11)9-4-3-8-5/h3-4,11H,1-2H3. The molecule has 1 aromatic rings. The highest BCUT2D eigenvalue weighted by Gasteiger charge is 2.02. The smallest absolute Gasteiger partial charge is 0.109 e. The van der Waals surface area contributed by atoms with Crippen LogP contribution in [-0.2, 0) is 0 Å². The predicted molar refractivity (Wildman–Crippen MR) is 40.8 cm³/mol. The molecule has 0 unspecified atom stereocenters. The van der Waals surface area contributed by atoms with Gasteiger partial charge in [-0.15, -0.1) is 0 Å². The van der Waals surface area contributed by atoms with E-state index in [2.05, 4.69) is 15.1 Å². The molecule has 1 rings (SSSR count). The van der Waals surface area contributed by atoms with E-state index in [0.717, 1.165) is 5.69 Å². The molecular formula is C7H9N3O. The third-order valence-corrected chi connectivity index (χ3v) is 1.37. The molecule has 4 heteroatoms. The molecular weight excluding hydrogens is 142 g/mol. The van der Waals surface area contributed by atoms with Crippen molar-refractivity contribution in [3.05, 3.63) is 23.8 Å². The van der Waals surface area contributed by atoms with Crippen LogP contribution in [0.3, 0.4) is 0 Å². The minimum Gasteiger partial charge on any atom is -0.411 e. The second-order valence-corrected chi connectivity index (χ2v) is 2.18. The lowest BCUT2D eigenvalue weighted by Crippen LogP contribution is -2.02. The van der Waals surface area contributed by atoms with E-state index >= 15 is 0 Å². The summed E-state index contributed by atoms with van der Waals surface area (Å²) in [6.45, 7) is 3.49. The maximum Gasteiger partial charge on any atom is 0.109 e. The van der Waals surface area contributed by atoms with Crippen molar-refractivity contribution < 1.29 is 5.21 Å². The van der Waals surface area contributed by atoms with Crippen molar-refractivity contribution in [2.24, 2.45) is 5.16 Å². The Kier molecular flexibility index (Phi) is 2.15. The maximum atomic E-state index is 8.43. The highest BCUT2D eigenvalue weighted by molar-refractivity contribution is 5.97. The summed E-state index contributed by atoms with van der Waals surface area (Å²) < 4.78 is 0. The van der Waals surface area contributed by atoms with Gasteiger partial charge in [-0.05, 0) is 13.8 Å². The molecule has 0 aliphatic carbocycles. The van der Waals surface area contributed by atoms with Gasteiger partial charge in [-0.1, -0.05) is 5.16 Å². The largest absolute Gasteiger partial charge is 0.411 e. The summed E-state index contributed by atoms with van der Waals surface area (Å²) in [6, 6.07) is 0. The van der Waals surface area contributed by atoms with Gasteiger partial charge in [0.2, 0.25) is 0 Å². The molecule has 0 amide bonds. The molecule has 58 valence electrons. The third kappa shape index (κ3) is 1.52. The first-order chi connectivity index (χ1) is 5.25. The number of aryl methyl sites for hydroxylation is 1. The van der Waals surface area contributed by atoms with Gasteiger partial charge in [-0.2, -0.15) is 0 Å². The number of aromatic nitrogens is 2. The monoisotopic (exact) mass is 151 g/mol. The van der Waals surface area contributed by atoms with Crippen molar-refractivity contribution >= 4 is 5.71 Å². The minimum absolute atomic E-state index is 0.482. The second-order valence-electron chi connectivity index (χ2n) is 2.18. The SMILES string of the molecule is CC(=NO)c1nccnc1C. The molecule has 0 saturated carbocycles. The van der Waals surface area contributed by atoms with E-state index < -0.39 is 0 Å². The quantitative estimate of drug-likeness (QED) is 0.370. The molecule has 1 heterocycles. The Morgan fingerprint density at radius 3 is 2.64 bits per heavy atom. The van der Waals surface area contributed by atoms with Crippen molar-refractivity contribution in [1.29, 1.82) is 0 Å². The van der Waals surface area contributed by atoms with Crippen LogP contribution in [0.5, 0.6) is 0 Å². The summed E-state index contributed by atoms with van der Waals surface area (Å²) in [7, 11) is 0. The van der Waals surface area contributed by atoms with Crippen molar-refractivity contribution in [2.75, 3.05) is 0 Å². The minimum atomic E-state index is 0.482. The zero-order valence-corrected chi connectivity index (χ0v) is 6.44. The fourth-order valence-corrected chi connectivity index (χ4v) is 0.810. The summed E-state index contributed by atoms with van der Waals surface area (Å²) in [5.74, 6) is 0. The van der Waals surface area contributed by atoms with Crippen LogP contribution in [0.15, 0.2) is 17.5 Å². The first-order valence-corrected chi connectivity index (χ1v) is 3.22. The Morgan fingerprint density at radius 2 is 2.09 bits per heavy atom. The van der Waals surface area contributed by atoms with Crippen LogP contribution >= 0.6 is 0 Å². The van der Waals surface area contributed by atoms with E-state index in [1.165, 1.54) is 0 Å². The summed E-state index contributed by atoms with van der Waals surface area (Å²) in [4.78, 5) is 7.99. The summed E-state index contributed by atoms with van der Waals surface area (Å²) >= 11 is 0. The average molecular weight is 151 g/mol. The topological polar surface area (TPSA) is 58.4 Å². The third-order valence-electron chi connectivity index (χ3n) is 1.37. The van der Waals surface area contributed by atoms with Gasteiger partial charge >= 0.3 is 0 Å². The van der Waals surface area contributed by atoms with E-state index in [9.17, 15) is 0 Å². The lowest BCUT2D eigenvalue weighted by atomic mass is 10.2. The van der Waals surface area contributed by atoms with E-state index in [1.54, 1.807) is 19.3 Å². The van der Waals surface area contributed by atoms with Crippen molar-refractivity contribution in [3.8, 4) is 0 Å². The Bertz CT molecular complexity index is 283. The molecule has 0 fully saturated rings. The number of hydrogen-bond donors (Lipinski definition) is 1. The van der Waals surface area contributed by atoms with Crippen molar-refractivity contribution in [1.82, 2.24) is 9.97 Å². The van der Waals surface area contributed by atoms with Crippen LogP contribution in [0.2, 0.25) is 0 Å². The molecule has 0 aliphatic rings. The first kappa shape index (κ1) is 7.65. The van der Waals surface area contributed by atoms with Crippen LogP contribution in [0, 0.1) is 6.92 Å². The van der Waals surface area contributed by atoms with Gasteiger partial charge in [-0.3, -0.25) is 9.97 Å². The lowest BCUT2D eigenvalue weighted by molar-refractivity contribution is 0.319. The number of oxime groups is 1. The summed E-state index contributed by atoms with van der Waals surface area (Å²) in [6.07, 6.45) is 3.17. The summed E-state index contributed by atoms with van der Waals surface area (Å²) in [5, 5.41) is 11.5. The zero-order valence-electron chi connectivity index (χ0n) is 6.44. The molecule has 1 aromatic heterocycles. The van der Waals surface area contributed by atoms with Gasteiger partial charge in [0.15, 0.2) is 0 Å². The second kappa shape index (κ2) is 3.09. The molecule has 0 bridgehead atoms. The summed E-state index contributed by atoms with van der Waals surface area (Å²) in [5.41, 5.74) is 1.88. The van der Waals surface area contributed by atoms with Crippen LogP contribution in [0.1, 0.15) is 18.3 Å². The normalized spacial score (nSPS) is 11.6. The first-order valence-electron chi connectivity index (χ1n) is 3.22. The lowest BCUT2D eigenvalue weighted by Gasteiger charge is -1.98. The van der Waals surface area contributed by atoms with Gasteiger partial charge in [-0.25, -0.2) is 0 Å². The average Bonchev–Trinajstić information content (AvgIpc) is 2.04. The molecule has 0 aliphatic heterocycles. The Balaban J connectivity index is 3.14. The highest BCUT2D eigenvalue weighted by atomic mass is 16.4. The van der Waals surface area contributed by atoms with E-state index in [4.69, 9.17) is 5.21 Å². The van der Waals surface area contributed by atoms with Gasteiger partial charge in [0.1, 0.15) is 11.4 Å². The predicted octanol–water partition coefficient (Wildman–Crippen LogP) is 0.983. The van der Waals surface area contributed by atoms with Gasteiger partial charge in [0.25, 0.3) is 0 Å². The highest BCUT2D eigenvalue weighted by Crippen LogP contribution is 2.00. The maximum absolute atomic E-state index is 8.43. The zero-order chi connectivity index (χ0) is 8.27. The molecule has 11 heavy (non-hydrogen) atoms. The van der Waals surface area contributed by atoms with Gasteiger partial charge < -0.3 is 5.21 Å². The Labute approximate surface area is 64.6 Å². The molecule has 1 N–H and O–H groups in total. The number of rotatable bonds is 1. The van der Waals surface area contributed by atoms with Crippen LogP contribution in [-0.4, -0.2) is 20.9 Å². The Morgan fingerprint density at radius 1 is 1.45 bits per heavy atom. The van der Waals surface area contributed by atoms with E-state index in [0.29, 0.717) is 11.4 Å². The molecule has 0 atom stereocenters. The van der Waals surface area contributed by atoms with Gasteiger partial charge in [0, 0.05) is 12.4 Å². The van der Waals surface area contributed by atoms with E-state index in [1.807, 2.05) is 6.92 Å².